The maximum atomic E-state index is 12.1. The molecule has 2 amide bonds. The molecule has 0 unspecified atom stereocenters. The monoisotopic (exact) mass is 282 g/mol. The number of carbonyl (C=O) groups is 2. The van der Waals surface area contributed by atoms with Crippen LogP contribution in [-0.2, 0) is 4.79 Å². The first-order chi connectivity index (χ1) is 9.22. The van der Waals surface area contributed by atoms with Gasteiger partial charge in [0.15, 0.2) is 0 Å². The molecular formula is C12H15ClN4O2. The Kier molecular flexibility index (Phi) is 4.68. The van der Waals surface area contributed by atoms with Gasteiger partial charge in [-0.05, 0) is 0 Å². The predicted molar refractivity (Wildman–Crippen MR) is 69.9 cm³/mol. The number of aromatic nitrogens is 2. The molecule has 19 heavy (non-hydrogen) atoms. The van der Waals surface area contributed by atoms with E-state index in [1.54, 1.807) is 9.80 Å². The number of nitrogens with zero attached hydrogens (tertiary/aromatic N) is 4. The summed E-state index contributed by atoms with van der Waals surface area (Å²) in [5, 5.41) is 0. The second-order valence-corrected chi connectivity index (χ2v) is 4.58. The average Bonchev–Trinajstić information content (AvgIpc) is 2.48. The lowest BCUT2D eigenvalue weighted by molar-refractivity contribution is -0.132. The fourth-order valence-electron chi connectivity index (χ4n) is 1.97. The van der Waals surface area contributed by atoms with E-state index in [1.807, 2.05) is 0 Å². The zero-order valence-corrected chi connectivity index (χ0v) is 11.2. The SMILES string of the molecule is O=C(CCCl)N1CCN(C(=O)c2cnccn2)CC1. The topological polar surface area (TPSA) is 66.4 Å². The van der Waals surface area contributed by atoms with Gasteiger partial charge in [0.25, 0.3) is 5.91 Å². The highest BCUT2D eigenvalue weighted by Gasteiger charge is 2.24. The van der Waals surface area contributed by atoms with Crippen molar-refractivity contribution in [3.05, 3.63) is 24.3 Å². The quantitative estimate of drug-likeness (QED) is 0.752. The van der Waals surface area contributed by atoms with E-state index in [4.69, 9.17) is 11.6 Å². The minimum absolute atomic E-state index is 0.0431. The standard InChI is InChI=1S/C12H15ClN4O2/c13-2-1-11(18)16-5-7-17(8-6-16)12(19)10-9-14-3-4-15-10/h3-4,9H,1-2,5-8H2. The van der Waals surface area contributed by atoms with Gasteiger partial charge in [-0.3, -0.25) is 14.6 Å². The van der Waals surface area contributed by atoms with Crippen molar-refractivity contribution in [1.29, 1.82) is 0 Å². The van der Waals surface area contributed by atoms with Gasteiger partial charge >= 0.3 is 0 Å². The van der Waals surface area contributed by atoms with E-state index in [1.165, 1.54) is 18.6 Å². The van der Waals surface area contributed by atoms with Crippen molar-refractivity contribution in [2.45, 2.75) is 6.42 Å². The van der Waals surface area contributed by atoms with Gasteiger partial charge < -0.3 is 9.80 Å². The van der Waals surface area contributed by atoms with Crippen LogP contribution in [0.1, 0.15) is 16.9 Å². The van der Waals surface area contributed by atoms with Crippen LogP contribution < -0.4 is 0 Å². The Morgan fingerprint density at radius 1 is 1.16 bits per heavy atom. The minimum atomic E-state index is -0.141. The molecule has 1 aromatic rings. The molecule has 0 radical (unpaired) electrons. The van der Waals surface area contributed by atoms with Gasteiger partial charge in [0.05, 0.1) is 6.20 Å². The Hall–Kier alpha value is -1.69. The third-order valence-corrected chi connectivity index (χ3v) is 3.20. The van der Waals surface area contributed by atoms with Crippen LogP contribution in [0.25, 0.3) is 0 Å². The molecule has 1 fully saturated rings. The predicted octanol–water partition coefficient (Wildman–Crippen LogP) is 0.390. The largest absolute Gasteiger partial charge is 0.339 e. The third-order valence-electron chi connectivity index (χ3n) is 3.01. The molecule has 1 aliphatic heterocycles. The Labute approximate surface area is 116 Å². The van der Waals surface area contributed by atoms with E-state index in [9.17, 15) is 9.59 Å². The molecule has 2 rings (SSSR count). The van der Waals surface area contributed by atoms with Crippen LogP contribution in [-0.4, -0.2) is 63.6 Å². The molecule has 0 atom stereocenters. The van der Waals surface area contributed by atoms with Crippen LogP contribution >= 0.6 is 11.6 Å². The molecule has 0 saturated carbocycles. The fraction of sp³-hybridized carbons (Fsp3) is 0.500. The van der Waals surface area contributed by atoms with Crippen LogP contribution in [0.15, 0.2) is 18.6 Å². The zero-order valence-electron chi connectivity index (χ0n) is 10.5. The molecule has 1 saturated heterocycles. The van der Waals surface area contributed by atoms with Gasteiger partial charge in [-0.2, -0.15) is 0 Å². The molecule has 0 N–H and O–H groups in total. The molecule has 7 heteroatoms. The van der Waals surface area contributed by atoms with Gasteiger partial charge in [-0.1, -0.05) is 0 Å². The molecule has 0 spiro atoms. The highest BCUT2D eigenvalue weighted by atomic mass is 35.5. The number of amides is 2. The number of hydrogen-bond acceptors (Lipinski definition) is 4. The number of alkyl halides is 1. The van der Waals surface area contributed by atoms with E-state index >= 15 is 0 Å². The van der Waals surface area contributed by atoms with Gasteiger partial charge in [0.2, 0.25) is 5.91 Å². The summed E-state index contributed by atoms with van der Waals surface area (Å²) in [7, 11) is 0. The first-order valence-corrected chi connectivity index (χ1v) is 6.65. The molecule has 6 nitrogen and oxygen atoms in total. The fourth-order valence-corrected chi connectivity index (χ4v) is 2.13. The number of carbonyl (C=O) groups excluding carboxylic acids is 2. The number of halogens is 1. The van der Waals surface area contributed by atoms with Crippen molar-refractivity contribution < 1.29 is 9.59 Å². The maximum absolute atomic E-state index is 12.1. The summed E-state index contributed by atoms with van der Waals surface area (Å²) in [4.78, 5) is 35.1. The molecule has 1 aromatic heterocycles. The first kappa shape index (κ1) is 13.7. The van der Waals surface area contributed by atoms with E-state index in [-0.39, 0.29) is 11.8 Å². The van der Waals surface area contributed by atoms with Crippen LogP contribution in [0.4, 0.5) is 0 Å². The smallest absolute Gasteiger partial charge is 0.274 e. The van der Waals surface area contributed by atoms with Crippen molar-refractivity contribution in [2.75, 3.05) is 32.1 Å². The Morgan fingerprint density at radius 3 is 2.42 bits per heavy atom. The summed E-state index contributed by atoms with van der Waals surface area (Å²) in [6.45, 7) is 2.12. The molecule has 102 valence electrons. The van der Waals surface area contributed by atoms with E-state index < -0.39 is 0 Å². The van der Waals surface area contributed by atoms with Crippen molar-refractivity contribution in [1.82, 2.24) is 19.8 Å². The minimum Gasteiger partial charge on any atom is -0.339 e. The lowest BCUT2D eigenvalue weighted by atomic mass is 10.2. The lowest BCUT2D eigenvalue weighted by Crippen LogP contribution is -2.50. The lowest BCUT2D eigenvalue weighted by Gasteiger charge is -2.34. The Balaban J connectivity index is 1.90. The maximum Gasteiger partial charge on any atom is 0.274 e. The summed E-state index contributed by atoms with van der Waals surface area (Å²) >= 11 is 5.55. The molecular weight excluding hydrogens is 268 g/mol. The molecule has 0 bridgehead atoms. The summed E-state index contributed by atoms with van der Waals surface area (Å²) in [6, 6.07) is 0. The van der Waals surface area contributed by atoms with Crippen molar-refractivity contribution in [3.8, 4) is 0 Å². The van der Waals surface area contributed by atoms with E-state index in [0.717, 1.165) is 0 Å². The van der Waals surface area contributed by atoms with Crippen LogP contribution in [0, 0.1) is 0 Å². The van der Waals surface area contributed by atoms with Gasteiger partial charge in [0, 0.05) is 50.9 Å². The molecule has 1 aliphatic rings. The Morgan fingerprint density at radius 2 is 1.84 bits per heavy atom. The van der Waals surface area contributed by atoms with E-state index in [0.29, 0.717) is 44.2 Å². The molecule has 0 aliphatic carbocycles. The summed E-state index contributed by atoms with van der Waals surface area (Å²) in [6.07, 6.45) is 4.82. The average molecular weight is 283 g/mol. The summed E-state index contributed by atoms with van der Waals surface area (Å²) < 4.78 is 0. The summed E-state index contributed by atoms with van der Waals surface area (Å²) in [5.41, 5.74) is 0.336. The zero-order chi connectivity index (χ0) is 13.7. The molecule has 2 heterocycles. The number of piperazine rings is 1. The van der Waals surface area contributed by atoms with Gasteiger partial charge in [-0.25, -0.2) is 4.98 Å². The molecule has 0 aromatic carbocycles. The van der Waals surface area contributed by atoms with Crippen molar-refractivity contribution in [2.24, 2.45) is 0 Å². The first-order valence-electron chi connectivity index (χ1n) is 6.11. The second-order valence-electron chi connectivity index (χ2n) is 4.20. The van der Waals surface area contributed by atoms with Crippen molar-refractivity contribution in [3.63, 3.8) is 0 Å². The number of hydrogen-bond donors (Lipinski definition) is 0. The van der Waals surface area contributed by atoms with Crippen LogP contribution in [0.2, 0.25) is 0 Å². The highest BCUT2D eigenvalue weighted by molar-refractivity contribution is 6.18. The van der Waals surface area contributed by atoms with Gasteiger partial charge in [-0.15, -0.1) is 11.6 Å². The number of rotatable bonds is 3. The second kappa shape index (κ2) is 6.47. The van der Waals surface area contributed by atoms with E-state index in [2.05, 4.69) is 9.97 Å². The van der Waals surface area contributed by atoms with Crippen LogP contribution in [0.3, 0.4) is 0 Å². The van der Waals surface area contributed by atoms with Crippen LogP contribution in [0.5, 0.6) is 0 Å². The summed E-state index contributed by atoms with van der Waals surface area (Å²) in [5.74, 6) is 0.233. The third kappa shape index (κ3) is 3.41. The highest BCUT2D eigenvalue weighted by Crippen LogP contribution is 2.07. The Bertz CT molecular complexity index is 446. The normalized spacial score (nSPS) is 15.4. The van der Waals surface area contributed by atoms with Crippen molar-refractivity contribution >= 4 is 23.4 Å². The van der Waals surface area contributed by atoms with Gasteiger partial charge in [0.1, 0.15) is 5.69 Å².